The molecule has 0 aromatic carbocycles. The highest BCUT2D eigenvalue weighted by atomic mass is 31.2. The number of aliphatic carboxylic acids is 1. The van der Waals surface area contributed by atoms with Crippen LogP contribution in [0.3, 0.4) is 0 Å². The molecular weight excluding hydrogens is 503 g/mol. The topological polar surface area (TPSA) is 124 Å². The molecule has 4 N–H and O–H groups in total. The number of aliphatic hydroxyl groups is 1. The predicted octanol–water partition coefficient (Wildman–Crippen LogP) is 6.18. The van der Waals surface area contributed by atoms with Crippen LogP contribution in [0.25, 0.3) is 0 Å². The number of phosphoric ester groups is 1. The van der Waals surface area contributed by atoms with E-state index in [4.69, 9.17) is 4.52 Å². The van der Waals surface area contributed by atoms with Gasteiger partial charge in [-0.25, -0.2) is 4.57 Å². The molecule has 5 fully saturated rings. The van der Waals surface area contributed by atoms with Gasteiger partial charge in [0.2, 0.25) is 0 Å². The second-order valence-electron chi connectivity index (χ2n) is 15.1. The van der Waals surface area contributed by atoms with Crippen LogP contribution in [0.2, 0.25) is 0 Å². The summed E-state index contributed by atoms with van der Waals surface area (Å²) in [4.78, 5) is 31.5. The zero-order chi connectivity index (χ0) is 28.1. The highest BCUT2D eigenvalue weighted by Crippen LogP contribution is 2.77. The Balaban J connectivity index is 1.51. The van der Waals surface area contributed by atoms with Crippen LogP contribution in [0.4, 0.5) is 0 Å². The second kappa shape index (κ2) is 8.89. The Morgan fingerprint density at radius 3 is 2.21 bits per heavy atom. The van der Waals surface area contributed by atoms with Gasteiger partial charge in [-0.15, -0.1) is 0 Å². The van der Waals surface area contributed by atoms with Gasteiger partial charge in [-0.2, -0.15) is 0 Å². The summed E-state index contributed by atoms with van der Waals surface area (Å²) < 4.78 is 16.3. The summed E-state index contributed by atoms with van der Waals surface area (Å²) in [6, 6.07) is 0. The average Bonchev–Trinajstić information content (AvgIpc) is 3.21. The Morgan fingerprint density at radius 1 is 0.895 bits per heavy atom. The molecule has 216 valence electrons. The van der Waals surface area contributed by atoms with Gasteiger partial charge in [0.05, 0.1) is 18.1 Å². The Bertz CT molecular complexity index is 1050. The quantitative estimate of drug-likeness (QED) is 0.237. The zero-order valence-corrected chi connectivity index (χ0v) is 24.8. The number of hydrogen-bond acceptors (Lipinski definition) is 4. The van der Waals surface area contributed by atoms with Crippen molar-refractivity contribution in [1.29, 1.82) is 0 Å². The summed E-state index contributed by atoms with van der Waals surface area (Å²) >= 11 is 0. The molecule has 0 aromatic heterocycles. The van der Waals surface area contributed by atoms with Crippen LogP contribution in [0.15, 0.2) is 12.2 Å². The molecule has 5 rings (SSSR count). The number of carboxylic acid groups (broad SMARTS) is 1. The number of aliphatic hydroxyl groups excluding tert-OH is 1. The number of fused-ring (bicyclic) bond motifs is 7. The number of phosphoric acid groups is 1. The number of hydrogen-bond donors (Lipinski definition) is 4. The third-order valence-corrected chi connectivity index (χ3v) is 14.2. The van der Waals surface area contributed by atoms with Gasteiger partial charge in [-0.3, -0.25) is 9.32 Å². The van der Waals surface area contributed by atoms with E-state index in [1.807, 2.05) is 0 Å². The standard InChI is InChI=1S/C30H49O7P/c1-18(17-37-38(34,35)36)19-9-14-30(25(32)33)16-15-28(5)20(24(19)30)7-8-22-27(4)12-11-23(31)26(2,3)21(27)10-13-29(22,28)6/h19-24,31H,1,7-17H2,2-6H3,(H,32,33)(H2,34,35,36)/t19-,20?,21?,22?,23-,24?,27-,28+,29+,30-/m0/s1. The number of rotatable bonds is 5. The first-order valence-electron chi connectivity index (χ1n) is 14.7. The van der Waals surface area contributed by atoms with E-state index in [9.17, 15) is 29.4 Å². The normalized spacial score (nSPS) is 49.8. The third-order valence-electron chi connectivity index (χ3n) is 13.8. The molecule has 0 bridgehead atoms. The first-order valence-corrected chi connectivity index (χ1v) is 16.3. The van der Waals surface area contributed by atoms with Gasteiger partial charge in [-0.05, 0) is 121 Å². The highest BCUT2D eigenvalue weighted by Gasteiger charge is 2.72. The van der Waals surface area contributed by atoms with Crippen LogP contribution >= 0.6 is 7.82 Å². The maximum absolute atomic E-state index is 12.9. The van der Waals surface area contributed by atoms with Gasteiger partial charge in [0, 0.05) is 0 Å². The molecule has 0 heterocycles. The van der Waals surface area contributed by atoms with Crippen molar-refractivity contribution in [3.05, 3.63) is 12.2 Å². The average molecular weight is 553 g/mol. The van der Waals surface area contributed by atoms with E-state index in [1.54, 1.807) is 0 Å². The summed E-state index contributed by atoms with van der Waals surface area (Å²) in [6.07, 6.45) is 8.69. The molecule has 7 nitrogen and oxygen atoms in total. The number of carboxylic acids is 1. The molecule has 8 heteroatoms. The van der Waals surface area contributed by atoms with Gasteiger partial charge < -0.3 is 20.0 Å². The van der Waals surface area contributed by atoms with Gasteiger partial charge >= 0.3 is 13.8 Å². The molecule has 5 aliphatic rings. The SMILES string of the molecule is C=C(COP(=O)(O)O)[C@@H]1CC[C@]2(C(=O)O)CC[C@]3(C)C(CCC4[C@@]5(C)CC[C@H](O)C(C)(C)C5CC[C@]43C)C12. The van der Waals surface area contributed by atoms with Gasteiger partial charge in [0.25, 0.3) is 0 Å². The Labute approximate surface area is 228 Å². The minimum absolute atomic E-state index is 0.0271. The molecule has 4 unspecified atom stereocenters. The van der Waals surface area contributed by atoms with E-state index in [0.29, 0.717) is 36.7 Å². The van der Waals surface area contributed by atoms with E-state index >= 15 is 0 Å². The molecule has 0 spiro atoms. The van der Waals surface area contributed by atoms with Crippen molar-refractivity contribution in [2.75, 3.05) is 6.61 Å². The van der Waals surface area contributed by atoms with Crippen molar-refractivity contribution in [2.24, 2.45) is 56.7 Å². The van der Waals surface area contributed by atoms with Crippen LogP contribution in [0.1, 0.15) is 98.8 Å². The van der Waals surface area contributed by atoms with E-state index < -0.39 is 19.2 Å². The van der Waals surface area contributed by atoms with E-state index in [1.165, 1.54) is 0 Å². The summed E-state index contributed by atoms with van der Waals surface area (Å²) in [6.45, 7) is 15.9. The third kappa shape index (κ3) is 3.81. The minimum Gasteiger partial charge on any atom is -0.481 e. The zero-order valence-electron chi connectivity index (χ0n) is 23.9. The maximum atomic E-state index is 12.9. The minimum atomic E-state index is -4.64. The van der Waals surface area contributed by atoms with Crippen molar-refractivity contribution in [1.82, 2.24) is 0 Å². The molecule has 0 amide bonds. The summed E-state index contributed by atoms with van der Waals surface area (Å²) in [7, 11) is -4.64. The highest BCUT2D eigenvalue weighted by molar-refractivity contribution is 7.46. The molecule has 0 aromatic rings. The second-order valence-corrected chi connectivity index (χ2v) is 16.3. The smallest absolute Gasteiger partial charge is 0.469 e. The van der Waals surface area contributed by atoms with Crippen molar-refractivity contribution in [3.8, 4) is 0 Å². The fraction of sp³-hybridized carbons (Fsp3) is 0.900. The summed E-state index contributed by atoms with van der Waals surface area (Å²) in [5.74, 6) is 0.289. The van der Waals surface area contributed by atoms with Crippen LogP contribution in [0.5, 0.6) is 0 Å². The lowest BCUT2D eigenvalue weighted by Crippen LogP contribution is -2.67. The Kier molecular flexibility index (Phi) is 6.73. The van der Waals surface area contributed by atoms with Crippen LogP contribution in [0, 0.1) is 56.7 Å². The van der Waals surface area contributed by atoms with Crippen molar-refractivity contribution < 1.29 is 33.9 Å². The predicted molar refractivity (Wildman–Crippen MR) is 145 cm³/mol. The van der Waals surface area contributed by atoms with Crippen molar-refractivity contribution in [3.63, 3.8) is 0 Å². The Hall–Kier alpha value is -0.720. The summed E-state index contributed by atoms with van der Waals surface area (Å²) in [5.41, 5.74) is -0.0922. The van der Waals surface area contributed by atoms with Gasteiger partial charge in [0.15, 0.2) is 0 Å². The molecular formula is C30H49O7P. The van der Waals surface area contributed by atoms with E-state index in [0.717, 1.165) is 44.9 Å². The van der Waals surface area contributed by atoms with Crippen molar-refractivity contribution >= 4 is 13.8 Å². The molecule has 10 atom stereocenters. The Morgan fingerprint density at radius 2 is 1.58 bits per heavy atom. The largest absolute Gasteiger partial charge is 0.481 e. The molecule has 5 saturated carbocycles. The lowest BCUT2D eigenvalue weighted by molar-refractivity contribution is -0.248. The molecule has 5 aliphatic carbocycles. The lowest BCUT2D eigenvalue weighted by Gasteiger charge is -2.72. The molecule has 38 heavy (non-hydrogen) atoms. The number of carbonyl (C=O) groups is 1. The molecule has 0 radical (unpaired) electrons. The monoisotopic (exact) mass is 552 g/mol. The van der Waals surface area contributed by atoms with Gasteiger partial charge in [-0.1, -0.05) is 41.2 Å². The first kappa shape index (κ1) is 28.8. The van der Waals surface area contributed by atoms with Crippen LogP contribution < -0.4 is 0 Å². The van der Waals surface area contributed by atoms with E-state index in [2.05, 4.69) is 41.2 Å². The fourth-order valence-corrected chi connectivity index (χ4v) is 12.0. The van der Waals surface area contributed by atoms with E-state index in [-0.39, 0.29) is 52.1 Å². The molecule has 0 saturated heterocycles. The van der Waals surface area contributed by atoms with Crippen LogP contribution in [-0.2, 0) is 13.9 Å². The first-order chi connectivity index (χ1) is 17.4. The lowest BCUT2D eigenvalue weighted by atomic mass is 9.32. The van der Waals surface area contributed by atoms with Crippen LogP contribution in [-0.4, -0.2) is 38.7 Å². The summed E-state index contributed by atoms with van der Waals surface area (Å²) in [5, 5.41) is 21.5. The van der Waals surface area contributed by atoms with Gasteiger partial charge in [0.1, 0.15) is 0 Å². The maximum Gasteiger partial charge on any atom is 0.469 e. The fourth-order valence-electron chi connectivity index (χ4n) is 11.7. The van der Waals surface area contributed by atoms with Crippen molar-refractivity contribution in [2.45, 2.75) is 105 Å². The molecule has 0 aliphatic heterocycles.